The Morgan fingerprint density at radius 2 is 1.50 bits per heavy atom. The molecule has 0 spiro atoms. The molecule has 0 radical (unpaired) electrons. The second-order valence-corrected chi connectivity index (χ2v) is 9.08. The molecule has 1 aromatic carbocycles. The van der Waals surface area contributed by atoms with Crippen LogP contribution in [0.4, 0.5) is 0 Å². The minimum Gasteiger partial charge on any atom is -0.284 e. The zero-order valence-electron chi connectivity index (χ0n) is 8.42. The lowest BCUT2D eigenvalue weighted by atomic mass is 9.87. The third kappa shape index (κ3) is 3.02. The molecule has 0 N–H and O–H groups in total. The zero-order valence-corrected chi connectivity index (χ0v) is 10.8. The first-order valence-electron chi connectivity index (χ1n) is 4.32. The number of hydrogen-bond donors (Lipinski definition) is 0. The molecule has 0 atom stereocenters. The van der Waals surface area contributed by atoms with Crippen LogP contribution in [0, 0.1) is 0 Å². The fraction of sp³-hybridized carbons (Fsp3) is 0.400. The van der Waals surface area contributed by atoms with Gasteiger partial charge in [0.15, 0.2) is 0 Å². The highest BCUT2D eigenvalue weighted by atomic mass is 35.9. The van der Waals surface area contributed by atoms with Gasteiger partial charge in [0, 0.05) is 5.30 Å². The van der Waals surface area contributed by atoms with Gasteiger partial charge in [0.05, 0.1) is 0 Å². The summed E-state index contributed by atoms with van der Waals surface area (Å²) in [5.74, 6) is -3.15. The average molecular weight is 251 g/mol. The van der Waals surface area contributed by atoms with Crippen LogP contribution in [0.2, 0.25) is 0 Å². The van der Waals surface area contributed by atoms with E-state index in [0.29, 0.717) is 5.30 Å². The lowest BCUT2D eigenvalue weighted by Crippen LogP contribution is -2.12. The molecule has 0 aliphatic carbocycles. The van der Waals surface area contributed by atoms with Gasteiger partial charge < -0.3 is 0 Å². The summed E-state index contributed by atoms with van der Waals surface area (Å²) < 4.78 is 11.3. The van der Waals surface area contributed by atoms with Gasteiger partial charge in [-0.25, -0.2) is 0 Å². The van der Waals surface area contributed by atoms with Gasteiger partial charge in [-0.2, -0.15) is 0 Å². The van der Waals surface area contributed by atoms with Gasteiger partial charge in [-0.15, -0.1) is 0 Å². The van der Waals surface area contributed by atoms with E-state index in [-0.39, 0.29) is 5.41 Å². The van der Waals surface area contributed by atoms with Crippen LogP contribution in [0.15, 0.2) is 24.3 Å². The van der Waals surface area contributed by atoms with Crippen molar-refractivity contribution in [2.75, 3.05) is 0 Å². The lowest BCUT2D eigenvalue weighted by Gasteiger charge is -2.19. The molecule has 0 aliphatic heterocycles. The molecule has 0 amide bonds. The second kappa shape index (κ2) is 3.89. The molecule has 1 rings (SSSR count). The summed E-state index contributed by atoms with van der Waals surface area (Å²) in [7, 11) is 0. The topological polar surface area (TPSA) is 17.1 Å². The van der Waals surface area contributed by atoms with Crippen molar-refractivity contribution >= 4 is 33.6 Å². The molecule has 1 aromatic rings. The molecule has 4 heteroatoms. The van der Waals surface area contributed by atoms with Gasteiger partial charge in [-0.3, -0.25) is 4.57 Å². The summed E-state index contributed by atoms with van der Waals surface area (Å²) in [6.45, 7) is 6.34. The number of halogens is 2. The Morgan fingerprint density at radius 3 is 1.79 bits per heavy atom. The third-order valence-electron chi connectivity index (χ3n) is 2.03. The van der Waals surface area contributed by atoms with Crippen molar-refractivity contribution in [3.05, 3.63) is 29.8 Å². The first kappa shape index (κ1) is 12.1. The third-order valence-corrected chi connectivity index (χ3v) is 4.10. The Balaban J connectivity index is 3.08. The largest absolute Gasteiger partial charge is 0.284 e. The van der Waals surface area contributed by atoms with Crippen LogP contribution in [-0.4, -0.2) is 0 Å². The average Bonchev–Trinajstić information content (AvgIpc) is 2.01. The van der Waals surface area contributed by atoms with Gasteiger partial charge in [-0.1, -0.05) is 32.9 Å². The van der Waals surface area contributed by atoms with Crippen LogP contribution < -0.4 is 5.30 Å². The molecule has 0 saturated carbocycles. The van der Waals surface area contributed by atoms with Crippen LogP contribution >= 0.6 is 28.3 Å². The Hall–Kier alpha value is 0.0300. The Kier molecular flexibility index (Phi) is 3.36. The molecule has 0 aromatic heterocycles. The molecular weight excluding hydrogens is 238 g/mol. The quantitative estimate of drug-likeness (QED) is 0.681. The van der Waals surface area contributed by atoms with E-state index in [1.165, 1.54) is 5.56 Å². The Bertz CT molecular complexity index is 359. The second-order valence-electron chi connectivity index (χ2n) is 4.26. The lowest BCUT2D eigenvalue weighted by molar-refractivity contribution is 0.589. The maximum absolute atomic E-state index is 11.3. The van der Waals surface area contributed by atoms with Crippen LogP contribution in [0.3, 0.4) is 0 Å². The highest BCUT2D eigenvalue weighted by molar-refractivity contribution is 8.13. The molecule has 0 fully saturated rings. The maximum Gasteiger partial charge on any atom is 0.281 e. The molecule has 1 nitrogen and oxygen atoms in total. The van der Waals surface area contributed by atoms with Crippen molar-refractivity contribution in [3.63, 3.8) is 0 Å². The van der Waals surface area contributed by atoms with E-state index in [4.69, 9.17) is 22.5 Å². The van der Waals surface area contributed by atoms with Crippen LogP contribution in [0.1, 0.15) is 26.3 Å². The van der Waals surface area contributed by atoms with Gasteiger partial charge in [0.25, 0.3) is 5.85 Å². The summed E-state index contributed by atoms with van der Waals surface area (Å²) in [5.41, 5.74) is 1.25. The highest BCUT2D eigenvalue weighted by Gasteiger charge is 2.19. The molecule has 78 valence electrons. The normalized spacial score (nSPS) is 12.9. The fourth-order valence-corrected chi connectivity index (χ4v) is 2.31. The van der Waals surface area contributed by atoms with Crippen LogP contribution in [-0.2, 0) is 9.98 Å². The van der Waals surface area contributed by atoms with E-state index in [9.17, 15) is 4.57 Å². The summed E-state index contributed by atoms with van der Waals surface area (Å²) >= 11 is 11.1. The Labute approximate surface area is 94.4 Å². The van der Waals surface area contributed by atoms with E-state index >= 15 is 0 Å². The van der Waals surface area contributed by atoms with Crippen molar-refractivity contribution < 1.29 is 4.57 Å². The minimum absolute atomic E-state index is 0.0845. The smallest absolute Gasteiger partial charge is 0.281 e. The van der Waals surface area contributed by atoms with Crippen molar-refractivity contribution in [2.24, 2.45) is 0 Å². The summed E-state index contributed by atoms with van der Waals surface area (Å²) in [6, 6.07) is 7.27. The van der Waals surface area contributed by atoms with Crippen LogP contribution in [0.25, 0.3) is 0 Å². The molecule has 0 saturated heterocycles. The predicted molar refractivity (Wildman–Crippen MR) is 64.1 cm³/mol. The van der Waals surface area contributed by atoms with Crippen molar-refractivity contribution in [1.82, 2.24) is 0 Å². The molecular formula is C10H13Cl2OP. The molecule has 0 bridgehead atoms. The zero-order chi connectivity index (χ0) is 11.0. The molecule has 0 unspecified atom stereocenters. The van der Waals surface area contributed by atoms with Gasteiger partial charge in [0.1, 0.15) is 0 Å². The first-order chi connectivity index (χ1) is 6.21. The Morgan fingerprint density at radius 1 is 1.07 bits per heavy atom. The summed E-state index contributed by atoms with van der Waals surface area (Å²) in [4.78, 5) is 0. The minimum atomic E-state index is -3.15. The van der Waals surface area contributed by atoms with Crippen LogP contribution in [0.5, 0.6) is 0 Å². The monoisotopic (exact) mass is 250 g/mol. The van der Waals surface area contributed by atoms with Crippen molar-refractivity contribution in [3.8, 4) is 0 Å². The van der Waals surface area contributed by atoms with Gasteiger partial charge in [-0.05, 0) is 45.6 Å². The van der Waals surface area contributed by atoms with E-state index < -0.39 is 5.85 Å². The van der Waals surface area contributed by atoms with E-state index in [1.54, 1.807) is 12.1 Å². The number of hydrogen-bond acceptors (Lipinski definition) is 1. The van der Waals surface area contributed by atoms with Crippen molar-refractivity contribution in [2.45, 2.75) is 26.2 Å². The fourth-order valence-electron chi connectivity index (χ4n) is 1.13. The maximum atomic E-state index is 11.3. The van der Waals surface area contributed by atoms with Gasteiger partial charge in [0.2, 0.25) is 0 Å². The predicted octanol–water partition coefficient (Wildman–Crippen LogP) is 4.28. The summed E-state index contributed by atoms with van der Waals surface area (Å²) in [6.07, 6.45) is 0. The van der Waals surface area contributed by atoms with E-state index in [1.807, 2.05) is 12.1 Å². The SMILES string of the molecule is CC(C)(C)c1ccc(P(=O)(Cl)Cl)cc1. The van der Waals surface area contributed by atoms with Gasteiger partial charge >= 0.3 is 0 Å². The molecule has 0 aliphatic rings. The number of benzene rings is 1. The standard InChI is InChI=1S/C10H13Cl2OP/c1-10(2,3)8-4-6-9(7-5-8)14(11,12)13/h4-7H,1-3H3. The van der Waals surface area contributed by atoms with E-state index in [2.05, 4.69) is 20.8 Å². The van der Waals surface area contributed by atoms with E-state index in [0.717, 1.165) is 0 Å². The first-order valence-corrected chi connectivity index (χ1v) is 7.83. The van der Waals surface area contributed by atoms with Crippen molar-refractivity contribution in [1.29, 1.82) is 0 Å². The molecule has 0 heterocycles. The summed E-state index contributed by atoms with van der Waals surface area (Å²) in [5, 5.41) is 0.494. The molecule has 14 heavy (non-hydrogen) atoms. The highest BCUT2D eigenvalue weighted by Crippen LogP contribution is 2.55. The number of rotatable bonds is 1.